The van der Waals surface area contributed by atoms with Gasteiger partial charge in [-0.2, -0.15) is 0 Å². The zero-order chi connectivity index (χ0) is 13.2. The minimum absolute atomic E-state index is 0.0127. The maximum atomic E-state index is 11.7. The fraction of sp³-hybridized carbons (Fsp3) is 0.222. The number of carbonyl (C=O) groups is 1. The van der Waals surface area contributed by atoms with Gasteiger partial charge in [0.15, 0.2) is 0 Å². The van der Waals surface area contributed by atoms with Gasteiger partial charge in [0, 0.05) is 14.1 Å². The summed E-state index contributed by atoms with van der Waals surface area (Å²) in [5.74, 6) is -1.28. The van der Waals surface area contributed by atoms with E-state index in [2.05, 4.69) is 4.83 Å². The number of nitrogens with zero attached hydrogens (tertiary/aromatic N) is 1. The molecule has 0 aliphatic rings. The van der Waals surface area contributed by atoms with Gasteiger partial charge in [-0.05, 0) is 18.2 Å². The van der Waals surface area contributed by atoms with Crippen LogP contribution in [-0.2, 0) is 10.0 Å². The zero-order valence-corrected chi connectivity index (χ0v) is 10.7. The summed E-state index contributed by atoms with van der Waals surface area (Å²) >= 11 is 5.64. The van der Waals surface area contributed by atoms with Gasteiger partial charge in [-0.3, -0.25) is 0 Å². The molecule has 1 aromatic carbocycles. The first-order valence-corrected chi connectivity index (χ1v) is 6.33. The minimum Gasteiger partial charge on any atom is -0.478 e. The Morgan fingerprint density at radius 2 is 2.00 bits per heavy atom. The first-order valence-electron chi connectivity index (χ1n) is 4.46. The van der Waals surface area contributed by atoms with E-state index in [0.29, 0.717) is 0 Å². The first kappa shape index (κ1) is 13.9. The minimum atomic E-state index is -3.78. The molecular formula is C9H11ClN2O4S. The van der Waals surface area contributed by atoms with Crippen molar-refractivity contribution in [3.63, 3.8) is 0 Å². The van der Waals surface area contributed by atoms with Crippen LogP contribution >= 0.6 is 11.6 Å². The standard InChI is InChI=1S/C9H11ClN2O4S/c1-12(2)11-17(15,16)6-3-4-8(10)7(5-6)9(13)14/h3-5,11H,1-2H3,(H,13,14). The van der Waals surface area contributed by atoms with Crippen molar-refractivity contribution in [3.8, 4) is 0 Å². The van der Waals surface area contributed by atoms with Gasteiger partial charge < -0.3 is 5.11 Å². The van der Waals surface area contributed by atoms with Gasteiger partial charge in [0.1, 0.15) is 0 Å². The monoisotopic (exact) mass is 278 g/mol. The second-order valence-electron chi connectivity index (χ2n) is 3.44. The summed E-state index contributed by atoms with van der Waals surface area (Å²) in [6.45, 7) is 0. The van der Waals surface area contributed by atoms with E-state index in [4.69, 9.17) is 16.7 Å². The molecule has 8 heteroatoms. The number of sulfonamides is 1. The number of hydrazine groups is 1. The number of carboxylic acids is 1. The molecule has 0 spiro atoms. The SMILES string of the molecule is CN(C)NS(=O)(=O)c1ccc(Cl)c(C(=O)O)c1. The van der Waals surface area contributed by atoms with Gasteiger partial charge >= 0.3 is 5.97 Å². The molecule has 0 aliphatic heterocycles. The summed E-state index contributed by atoms with van der Waals surface area (Å²) in [6, 6.07) is 3.48. The van der Waals surface area contributed by atoms with E-state index in [1.807, 2.05) is 0 Å². The number of benzene rings is 1. The Balaban J connectivity index is 3.25. The molecule has 2 N–H and O–H groups in total. The summed E-state index contributed by atoms with van der Waals surface area (Å²) in [4.78, 5) is 12.8. The Labute approximate surface area is 104 Å². The van der Waals surface area contributed by atoms with Crippen molar-refractivity contribution in [2.75, 3.05) is 14.1 Å². The quantitative estimate of drug-likeness (QED) is 0.795. The molecule has 17 heavy (non-hydrogen) atoms. The number of halogens is 1. The molecule has 0 unspecified atom stereocenters. The van der Waals surface area contributed by atoms with Crippen LogP contribution in [0.5, 0.6) is 0 Å². The van der Waals surface area contributed by atoms with Gasteiger partial charge in [0.25, 0.3) is 10.0 Å². The van der Waals surface area contributed by atoms with E-state index in [1.165, 1.54) is 31.2 Å². The van der Waals surface area contributed by atoms with E-state index >= 15 is 0 Å². The number of hydrogen-bond acceptors (Lipinski definition) is 4. The molecular weight excluding hydrogens is 268 g/mol. The van der Waals surface area contributed by atoms with Gasteiger partial charge in [0.2, 0.25) is 0 Å². The number of rotatable bonds is 4. The lowest BCUT2D eigenvalue weighted by Crippen LogP contribution is -2.36. The van der Waals surface area contributed by atoms with Crippen molar-refractivity contribution >= 4 is 27.6 Å². The first-order chi connectivity index (χ1) is 7.74. The lowest BCUT2D eigenvalue weighted by atomic mass is 10.2. The van der Waals surface area contributed by atoms with Crippen LogP contribution in [-0.4, -0.2) is 38.6 Å². The Kier molecular flexibility index (Phi) is 4.10. The largest absolute Gasteiger partial charge is 0.478 e. The number of carboxylic acid groups (broad SMARTS) is 1. The second-order valence-corrected chi connectivity index (χ2v) is 5.50. The molecule has 0 fully saturated rings. The zero-order valence-electron chi connectivity index (χ0n) is 9.14. The third-order valence-corrected chi connectivity index (χ3v) is 3.59. The summed E-state index contributed by atoms with van der Waals surface area (Å²) in [7, 11) is -0.767. The lowest BCUT2D eigenvalue weighted by Gasteiger charge is -2.13. The normalized spacial score (nSPS) is 11.8. The molecule has 0 bridgehead atoms. The van der Waals surface area contributed by atoms with E-state index in [1.54, 1.807) is 0 Å². The molecule has 0 heterocycles. The third-order valence-electron chi connectivity index (χ3n) is 1.78. The van der Waals surface area contributed by atoms with Crippen molar-refractivity contribution in [2.45, 2.75) is 4.90 Å². The second kappa shape index (κ2) is 5.01. The highest BCUT2D eigenvalue weighted by atomic mass is 35.5. The van der Waals surface area contributed by atoms with Crippen LogP contribution in [0.1, 0.15) is 10.4 Å². The maximum absolute atomic E-state index is 11.7. The summed E-state index contributed by atoms with van der Waals surface area (Å²) in [6.07, 6.45) is 0. The van der Waals surface area contributed by atoms with Crippen LogP contribution in [0.15, 0.2) is 23.1 Å². The molecule has 94 valence electrons. The van der Waals surface area contributed by atoms with E-state index in [0.717, 1.165) is 6.07 Å². The Hall–Kier alpha value is -1.15. The van der Waals surface area contributed by atoms with Crippen molar-refractivity contribution in [1.82, 2.24) is 9.84 Å². The summed E-state index contributed by atoms with van der Waals surface area (Å²) < 4.78 is 23.5. The van der Waals surface area contributed by atoms with Gasteiger partial charge in [0.05, 0.1) is 15.5 Å². The molecule has 0 radical (unpaired) electrons. The topological polar surface area (TPSA) is 86.7 Å². The summed E-state index contributed by atoms with van der Waals surface area (Å²) in [5.41, 5.74) is -0.256. The van der Waals surface area contributed by atoms with Crippen LogP contribution in [0, 0.1) is 0 Å². The van der Waals surface area contributed by atoms with Crippen molar-refractivity contribution in [1.29, 1.82) is 0 Å². The van der Waals surface area contributed by atoms with Gasteiger partial charge in [-0.25, -0.2) is 18.2 Å². The molecule has 1 aromatic rings. The molecule has 0 saturated carbocycles. The Morgan fingerprint density at radius 1 is 1.41 bits per heavy atom. The Bertz CT molecular complexity index is 542. The van der Waals surface area contributed by atoms with Gasteiger partial charge in [-0.15, -0.1) is 4.83 Å². The predicted octanol–water partition coefficient (Wildman–Crippen LogP) is 0.793. The van der Waals surface area contributed by atoms with Crippen LogP contribution in [0.25, 0.3) is 0 Å². The fourth-order valence-electron chi connectivity index (χ4n) is 1.13. The Morgan fingerprint density at radius 3 is 2.47 bits per heavy atom. The summed E-state index contributed by atoms with van der Waals surface area (Å²) in [5, 5.41) is 10.1. The fourth-order valence-corrected chi connectivity index (χ4v) is 2.43. The number of nitrogens with one attached hydrogen (secondary N) is 1. The van der Waals surface area contributed by atoms with Gasteiger partial charge in [-0.1, -0.05) is 11.6 Å². The highest BCUT2D eigenvalue weighted by Crippen LogP contribution is 2.20. The van der Waals surface area contributed by atoms with Crippen molar-refractivity contribution < 1.29 is 18.3 Å². The molecule has 0 aromatic heterocycles. The molecule has 6 nitrogen and oxygen atoms in total. The van der Waals surface area contributed by atoms with Crippen LogP contribution in [0.2, 0.25) is 5.02 Å². The van der Waals surface area contributed by atoms with E-state index in [-0.39, 0.29) is 15.5 Å². The molecule has 0 aliphatic carbocycles. The number of aromatic carboxylic acids is 1. The predicted molar refractivity (Wildman–Crippen MR) is 62.4 cm³/mol. The smallest absolute Gasteiger partial charge is 0.337 e. The van der Waals surface area contributed by atoms with Crippen LogP contribution < -0.4 is 4.83 Å². The maximum Gasteiger partial charge on any atom is 0.337 e. The lowest BCUT2D eigenvalue weighted by molar-refractivity contribution is 0.0697. The van der Waals surface area contributed by atoms with Crippen molar-refractivity contribution in [2.24, 2.45) is 0 Å². The molecule has 0 amide bonds. The number of hydrogen-bond donors (Lipinski definition) is 2. The highest BCUT2D eigenvalue weighted by molar-refractivity contribution is 7.89. The van der Waals surface area contributed by atoms with E-state index < -0.39 is 16.0 Å². The van der Waals surface area contributed by atoms with E-state index in [9.17, 15) is 13.2 Å². The average molecular weight is 279 g/mol. The third kappa shape index (κ3) is 3.40. The molecule has 0 atom stereocenters. The molecule has 0 saturated heterocycles. The average Bonchev–Trinajstić information content (AvgIpc) is 2.15. The molecule has 1 rings (SSSR count). The van der Waals surface area contributed by atoms with Crippen LogP contribution in [0.4, 0.5) is 0 Å². The van der Waals surface area contributed by atoms with Crippen molar-refractivity contribution in [3.05, 3.63) is 28.8 Å². The highest BCUT2D eigenvalue weighted by Gasteiger charge is 2.18. The van der Waals surface area contributed by atoms with Crippen LogP contribution in [0.3, 0.4) is 0 Å².